The Hall–Kier alpha value is -4.39. The highest BCUT2D eigenvalue weighted by atomic mass is 19.1. The molecule has 2 heterocycles. The van der Waals surface area contributed by atoms with E-state index in [2.05, 4.69) is 5.32 Å². The SMILES string of the molecule is COc1ccccc1CCNC(=O)Cc1c(C)c2cc3c(-c4ccc(F)cc4)coc3cc2oc1=O. The third-order valence-electron chi connectivity index (χ3n) is 6.38. The molecule has 0 bridgehead atoms. The summed E-state index contributed by atoms with van der Waals surface area (Å²) in [5.74, 6) is 0.180. The lowest BCUT2D eigenvalue weighted by molar-refractivity contribution is -0.120. The van der Waals surface area contributed by atoms with Gasteiger partial charge >= 0.3 is 5.63 Å². The maximum absolute atomic E-state index is 13.4. The van der Waals surface area contributed by atoms with Crippen LogP contribution >= 0.6 is 0 Å². The summed E-state index contributed by atoms with van der Waals surface area (Å²) >= 11 is 0. The number of aryl methyl sites for hydroxylation is 1. The highest BCUT2D eigenvalue weighted by molar-refractivity contribution is 6.02. The third kappa shape index (κ3) is 4.47. The van der Waals surface area contributed by atoms with Gasteiger partial charge in [-0.1, -0.05) is 30.3 Å². The average molecular weight is 486 g/mol. The Balaban J connectivity index is 1.40. The van der Waals surface area contributed by atoms with Crippen LogP contribution < -0.4 is 15.7 Å². The number of furan rings is 1. The fraction of sp³-hybridized carbons (Fsp3) is 0.172. The number of carbonyl (C=O) groups excluding carboxylic acids is 1. The van der Waals surface area contributed by atoms with Gasteiger partial charge < -0.3 is 18.9 Å². The fourth-order valence-electron chi connectivity index (χ4n) is 4.44. The molecule has 5 rings (SSSR count). The molecule has 0 atom stereocenters. The molecule has 7 heteroatoms. The van der Waals surface area contributed by atoms with Crippen molar-refractivity contribution in [1.82, 2.24) is 5.32 Å². The van der Waals surface area contributed by atoms with Gasteiger partial charge in [-0.3, -0.25) is 4.79 Å². The molecule has 2 aromatic heterocycles. The number of amides is 1. The zero-order chi connectivity index (χ0) is 25.2. The molecular weight excluding hydrogens is 461 g/mol. The molecule has 0 aliphatic rings. The van der Waals surface area contributed by atoms with E-state index in [4.69, 9.17) is 13.6 Å². The first-order valence-electron chi connectivity index (χ1n) is 11.6. The van der Waals surface area contributed by atoms with Crippen LogP contribution in [0.3, 0.4) is 0 Å². The summed E-state index contributed by atoms with van der Waals surface area (Å²) in [6.07, 6.45) is 2.11. The largest absolute Gasteiger partial charge is 0.496 e. The Morgan fingerprint density at radius 3 is 2.58 bits per heavy atom. The number of methoxy groups -OCH3 is 1. The van der Waals surface area contributed by atoms with Crippen molar-refractivity contribution in [3.05, 3.63) is 99.9 Å². The van der Waals surface area contributed by atoms with Crippen molar-refractivity contribution < 1.29 is 22.8 Å². The molecule has 182 valence electrons. The van der Waals surface area contributed by atoms with E-state index in [1.165, 1.54) is 12.1 Å². The lowest BCUT2D eigenvalue weighted by Gasteiger charge is -2.10. The molecule has 5 aromatic rings. The number of ether oxygens (including phenoxy) is 1. The van der Waals surface area contributed by atoms with Gasteiger partial charge in [-0.05, 0) is 54.3 Å². The lowest BCUT2D eigenvalue weighted by atomic mass is 9.99. The number of hydrogen-bond donors (Lipinski definition) is 1. The molecule has 0 unspecified atom stereocenters. The van der Waals surface area contributed by atoms with E-state index in [1.54, 1.807) is 38.5 Å². The van der Waals surface area contributed by atoms with E-state index >= 15 is 0 Å². The van der Waals surface area contributed by atoms with E-state index in [0.29, 0.717) is 40.6 Å². The van der Waals surface area contributed by atoms with Crippen LogP contribution in [0.25, 0.3) is 33.1 Å². The van der Waals surface area contributed by atoms with Gasteiger partial charge in [0.2, 0.25) is 5.91 Å². The number of fused-ring (bicyclic) bond motifs is 2. The minimum absolute atomic E-state index is 0.0930. The summed E-state index contributed by atoms with van der Waals surface area (Å²) in [4.78, 5) is 25.4. The summed E-state index contributed by atoms with van der Waals surface area (Å²) in [7, 11) is 1.61. The summed E-state index contributed by atoms with van der Waals surface area (Å²) in [5.41, 5.74) is 3.95. The Morgan fingerprint density at radius 2 is 1.81 bits per heavy atom. The standard InChI is InChI=1S/C29H24FNO5/c1-17-21-13-23-24(18-7-9-20(30)10-8-18)16-35-26(23)15-27(21)36-29(33)22(17)14-28(32)31-12-11-19-5-3-4-6-25(19)34-2/h3-10,13,15-16H,11-12,14H2,1-2H3,(H,31,32). The molecular formula is C29H24FNO5. The molecule has 36 heavy (non-hydrogen) atoms. The fourth-order valence-corrected chi connectivity index (χ4v) is 4.44. The summed E-state index contributed by atoms with van der Waals surface area (Å²) in [5, 5.41) is 4.39. The molecule has 3 aromatic carbocycles. The molecule has 0 saturated carbocycles. The Morgan fingerprint density at radius 1 is 1.03 bits per heavy atom. The van der Waals surface area contributed by atoms with Gasteiger partial charge in [0.25, 0.3) is 0 Å². The van der Waals surface area contributed by atoms with Crippen LogP contribution in [-0.4, -0.2) is 19.6 Å². The molecule has 0 radical (unpaired) electrons. The van der Waals surface area contributed by atoms with Gasteiger partial charge in [-0.15, -0.1) is 0 Å². The highest BCUT2D eigenvalue weighted by Crippen LogP contribution is 2.34. The van der Waals surface area contributed by atoms with Crippen LogP contribution in [0.5, 0.6) is 5.75 Å². The molecule has 1 amide bonds. The van der Waals surface area contributed by atoms with Crippen LogP contribution in [0.15, 0.2) is 80.6 Å². The topological polar surface area (TPSA) is 81.7 Å². The third-order valence-corrected chi connectivity index (χ3v) is 6.38. The second-order valence-electron chi connectivity index (χ2n) is 8.58. The molecule has 0 fully saturated rings. The number of rotatable bonds is 7. The Labute approximate surface area is 206 Å². The highest BCUT2D eigenvalue weighted by Gasteiger charge is 2.18. The van der Waals surface area contributed by atoms with Gasteiger partial charge in [-0.2, -0.15) is 0 Å². The van der Waals surface area contributed by atoms with Crippen LogP contribution in [-0.2, 0) is 17.6 Å². The van der Waals surface area contributed by atoms with Gasteiger partial charge in [0, 0.05) is 28.9 Å². The molecule has 0 saturated heterocycles. The smallest absolute Gasteiger partial charge is 0.340 e. The van der Waals surface area contributed by atoms with E-state index < -0.39 is 5.63 Å². The van der Waals surface area contributed by atoms with Crippen molar-refractivity contribution in [2.45, 2.75) is 19.8 Å². The van der Waals surface area contributed by atoms with Crippen LogP contribution in [0.2, 0.25) is 0 Å². The predicted octanol–water partition coefficient (Wildman–Crippen LogP) is 5.56. The van der Waals surface area contributed by atoms with Crippen LogP contribution in [0.4, 0.5) is 4.39 Å². The van der Waals surface area contributed by atoms with Crippen molar-refractivity contribution in [2.24, 2.45) is 0 Å². The summed E-state index contributed by atoms with van der Waals surface area (Å²) in [6, 6.07) is 17.3. The number of para-hydroxylation sites is 1. The summed E-state index contributed by atoms with van der Waals surface area (Å²) in [6.45, 7) is 2.22. The molecule has 1 N–H and O–H groups in total. The van der Waals surface area contributed by atoms with Crippen molar-refractivity contribution in [1.29, 1.82) is 0 Å². The number of benzene rings is 3. The van der Waals surface area contributed by atoms with Gasteiger partial charge in [0.05, 0.1) is 25.4 Å². The predicted molar refractivity (Wildman–Crippen MR) is 136 cm³/mol. The maximum atomic E-state index is 13.4. The van der Waals surface area contributed by atoms with E-state index in [9.17, 15) is 14.0 Å². The zero-order valence-corrected chi connectivity index (χ0v) is 19.9. The first kappa shape index (κ1) is 23.4. The number of halogens is 1. The second-order valence-corrected chi connectivity index (χ2v) is 8.58. The van der Waals surface area contributed by atoms with Gasteiger partial charge in [0.1, 0.15) is 22.7 Å². The Bertz CT molecular complexity index is 1630. The number of carbonyl (C=O) groups is 1. The quantitative estimate of drug-likeness (QED) is 0.305. The molecule has 0 aliphatic carbocycles. The first-order valence-corrected chi connectivity index (χ1v) is 11.6. The average Bonchev–Trinajstić information content (AvgIpc) is 3.29. The van der Waals surface area contributed by atoms with Gasteiger partial charge in [-0.25, -0.2) is 9.18 Å². The molecule has 0 spiro atoms. The van der Waals surface area contributed by atoms with Crippen molar-refractivity contribution in [2.75, 3.05) is 13.7 Å². The minimum Gasteiger partial charge on any atom is -0.496 e. The normalized spacial score (nSPS) is 11.2. The zero-order valence-electron chi connectivity index (χ0n) is 19.9. The Kier molecular flexibility index (Phi) is 6.29. The lowest BCUT2D eigenvalue weighted by Crippen LogP contribution is -2.29. The van der Waals surface area contributed by atoms with Crippen LogP contribution in [0.1, 0.15) is 16.7 Å². The minimum atomic E-state index is -0.551. The monoisotopic (exact) mass is 485 g/mol. The maximum Gasteiger partial charge on any atom is 0.340 e. The van der Waals surface area contributed by atoms with Crippen molar-refractivity contribution >= 4 is 27.8 Å². The number of nitrogens with one attached hydrogen (secondary N) is 1. The van der Waals surface area contributed by atoms with E-state index in [-0.39, 0.29) is 18.1 Å². The van der Waals surface area contributed by atoms with Crippen molar-refractivity contribution in [3.8, 4) is 16.9 Å². The summed E-state index contributed by atoms with van der Waals surface area (Å²) < 4.78 is 30.0. The number of hydrogen-bond acceptors (Lipinski definition) is 5. The molecule has 6 nitrogen and oxygen atoms in total. The van der Waals surface area contributed by atoms with E-state index in [0.717, 1.165) is 27.8 Å². The molecule has 0 aliphatic heterocycles. The second kappa shape index (κ2) is 9.70. The van der Waals surface area contributed by atoms with Gasteiger partial charge in [0.15, 0.2) is 0 Å². The first-order chi connectivity index (χ1) is 17.4. The van der Waals surface area contributed by atoms with E-state index in [1.807, 2.05) is 30.3 Å². The van der Waals surface area contributed by atoms with Crippen molar-refractivity contribution in [3.63, 3.8) is 0 Å². The van der Waals surface area contributed by atoms with Crippen LogP contribution in [0, 0.1) is 12.7 Å².